The van der Waals surface area contributed by atoms with Crippen LogP contribution < -0.4 is 5.32 Å². The summed E-state index contributed by atoms with van der Waals surface area (Å²) in [6, 6.07) is 10.0. The Kier molecular flexibility index (Phi) is 6.30. The van der Waals surface area contributed by atoms with Crippen molar-refractivity contribution in [1.82, 2.24) is 13.9 Å². The Morgan fingerprint density at radius 1 is 1.19 bits per heavy atom. The Balaban J connectivity index is 1.93. The van der Waals surface area contributed by atoms with Crippen LogP contribution in [-0.2, 0) is 27.5 Å². The van der Waals surface area contributed by atoms with E-state index < -0.39 is 27.9 Å². The Morgan fingerprint density at radius 2 is 1.87 bits per heavy atom. The summed E-state index contributed by atoms with van der Waals surface area (Å²) in [6.07, 6.45) is -5.07. The van der Waals surface area contributed by atoms with Crippen molar-refractivity contribution in [3.8, 4) is 0 Å². The number of nitrogens with zero attached hydrogens (tertiary/aromatic N) is 3. The van der Waals surface area contributed by atoms with Crippen molar-refractivity contribution in [3.63, 3.8) is 0 Å². The molecule has 166 valence electrons. The first kappa shape index (κ1) is 23.0. The summed E-state index contributed by atoms with van der Waals surface area (Å²) in [7, 11) is -1.21. The fraction of sp³-hybridized carbons (Fsp3) is 0.263. The van der Waals surface area contributed by atoms with Crippen LogP contribution in [0.15, 0.2) is 47.4 Å². The maximum absolute atomic E-state index is 13.5. The van der Waals surface area contributed by atoms with Crippen molar-refractivity contribution in [2.75, 3.05) is 19.4 Å². The number of hydrogen-bond acceptors (Lipinski definition) is 4. The number of imidazole rings is 1. The van der Waals surface area contributed by atoms with E-state index in [1.807, 2.05) is 0 Å². The average Bonchev–Trinajstić information content (AvgIpc) is 3.06. The predicted octanol–water partition coefficient (Wildman–Crippen LogP) is 3.99. The number of benzene rings is 2. The zero-order chi connectivity index (χ0) is 23.0. The molecule has 0 radical (unpaired) electrons. The van der Waals surface area contributed by atoms with E-state index in [-0.39, 0.29) is 28.9 Å². The van der Waals surface area contributed by atoms with E-state index >= 15 is 0 Å². The summed E-state index contributed by atoms with van der Waals surface area (Å²) < 4.78 is 67.0. The Morgan fingerprint density at radius 3 is 2.48 bits per heavy atom. The highest BCUT2D eigenvalue weighted by Gasteiger charge is 2.38. The first-order chi connectivity index (χ1) is 14.4. The molecule has 1 N–H and O–H groups in total. The van der Waals surface area contributed by atoms with Gasteiger partial charge in [0.15, 0.2) is 0 Å². The van der Waals surface area contributed by atoms with Crippen molar-refractivity contribution in [1.29, 1.82) is 0 Å². The number of nitrogens with one attached hydrogen (secondary N) is 1. The smallest absolute Gasteiger partial charge is 0.325 e. The number of carbonyl (C=O) groups excluding carboxylic acids is 1. The highest BCUT2D eigenvalue weighted by Crippen LogP contribution is 2.33. The minimum absolute atomic E-state index is 0.0653. The average molecular weight is 475 g/mol. The molecule has 0 aliphatic heterocycles. The number of rotatable bonds is 6. The summed E-state index contributed by atoms with van der Waals surface area (Å²) in [5.41, 5.74) is 0.275. The van der Waals surface area contributed by atoms with Gasteiger partial charge in [0.2, 0.25) is 21.8 Å². The van der Waals surface area contributed by atoms with Gasteiger partial charge in [0.1, 0.15) is 0 Å². The van der Waals surface area contributed by atoms with Crippen LogP contribution in [0.25, 0.3) is 11.0 Å². The highest BCUT2D eigenvalue weighted by molar-refractivity contribution is 7.89. The second kappa shape index (κ2) is 8.48. The number of fused-ring (bicyclic) bond motifs is 1. The lowest BCUT2D eigenvalue weighted by Gasteiger charge is -2.13. The van der Waals surface area contributed by atoms with Crippen LogP contribution >= 0.6 is 11.6 Å². The first-order valence-corrected chi connectivity index (χ1v) is 10.8. The lowest BCUT2D eigenvalue weighted by atomic mass is 10.3. The zero-order valence-corrected chi connectivity index (χ0v) is 18.0. The van der Waals surface area contributed by atoms with Crippen LogP contribution in [0.3, 0.4) is 0 Å². The van der Waals surface area contributed by atoms with Crippen LogP contribution in [0.2, 0.25) is 5.02 Å². The van der Waals surface area contributed by atoms with E-state index in [2.05, 4.69) is 10.3 Å². The molecule has 0 unspecified atom stereocenters. The molecule has 1 heterocycles. The zero-order valence-electron chi connectivity index (χ0n) is 16.4. The summed E-state index contributed by atoms with van der Waals surface area (Å²) in [6.45, 7) is -0.318. The second-order valence-electron chi connectivity index (χ2n) is 6.80. The standard InChI is InChI=1S/C19H18ClF3N4O3S/c1-26(2)31(29,30)12-7-8-16-15(11-12)25-18(19(21,22)23)27(16)10-9-17(28)24-14-6-4-3-5-13(14)20/h3-8,11H,9-10H2,1-2H3,(H,24,28). The van der Waals surface area contributed by atoms with Crippen LogP contribution in [0.5, 0.6) is 0 Å². The number of alkyl halides is 3. The van der Waals surface area contributed by atoms with E-state index in [1.165, 1.54) is 26.2 Å². The van der Waals surface area contributed by atoms with E-state index in [4.69, 9.17) is 11.6 Å². The summed E-state index contributed by atoms with van der Waals surface area (Å²) in [4.78, 5) is 15.7. The topological polar surface area (TPSA) is 84.3 Å². The third kappa shape index (κ3) is 4.83. The number of halogens is 4. The number of amides is 1. The lowest BCUT2D eigenvalue weighted by molar-refractivity contribution is -0.147. The van der Waals surface area contributed by atoms with Crippen LogP contribution in [0, 0.1) is 0 Å². The molecule has 0 saturated heterocycles. The summed E-state index contributed by atoms with van der Waals surface area (Å²) >= 11 is 5.97. The number of carbonyl (C=O) groups is 1. The number of anilines is 1. The highest BCUT2D eigenvalue weighted by atomic mass is 35.5. The molecule has 0 bridgehead atoms. The minimum Gasteiger partial charge on any atom is -0.325 e. The second-order valence-corrected chi connectivity index (χ2v) is 9.36. The number of para-hydroxylation sites is 1. The van der Waals surface area contributed by atoms with Gasteiger partial charge in [0.25, 0.3) is 0 Å². The van der Waals surface area contributed by atoms with Gasteiger partial charge < -0.3 is 9.88 Å². The maximum atomic E-state index is 13.5. The van der Waals surface area contributed by atoms with Crippen molar-refractivity contribution in [2.45, 2.75) is 24.0 Å². The Hall–Kier alpha value is -2.63. The van der Waals surface area contributed by atoms with Gasteiger partial charge >= 0.3 is 6.18 Å². The molecule has 1 aromatic heterocycles. The molecule has 31 heavy (non-hydrogen) atoms. The van der Waals surface area contributed by atoms with E-state index in [0.717, 1.165) is 14.9 Å². The number of sulfonamides is 1. The van der Waals surface area contributed by atoms with Gasteiger partial charge in [-0.15, -0.1) is 0 Å². The summed E-state index contributed by atoms with van der Waals surface area (Å²) in [5, 5.41) is 2.85. The number of aryl methyl sites for hydroxylation is 1. The first-order valence-electron chi connectivity index (χ1n) is 8.95. The van der Waals surface area contributed by atoms with E-state index in [1.54, 1.807) is 24.3 Å². The van der Waals surface area contributed by atoms with Crippen molar-refractivity contribution in [2.24, 2.45) is 0 Å². The molecule has 1 amide bonds. The van der Waals surface area contributed by atoms with Gasteiger partial charge in [-0.1, -0.05) is 23.7 Å². The monoisotopic (exact) mass is 474 g/mol. The SMILES string of the molecule is CN(C)S(=O)(=O)c1ccc2c(c1)nc(C(F)(F)F)n2CCC(=O)Nc1ccccc1Cl. The third-order valence-corrected chi connectivity index (χ3v) is 6.60. The Labute approximate surface area is 181 Å². The van der Waals surface area contributed by atoms with Crippen molar-refractivity contribution in [3.05, 3.63) is 53.3 Å². The maximum Gasteiger partial charge on any atom is 0.449 e. The Bertz CT molecular complexity index is 1240. The van der Waals surface area contributed by atoms with Gasteiger partial charge in [0.05, 0.1) is 26.6 Å². The molecule has 3 aromatic rings. The molecule has 7 nitrogen and oxygen atoms in total. The van der Waals surface area contributed by atoms with Gasteiger partial charge in [-0.3, -0.25) is 4.79 Å². The molecular formula is C19H18ClF3N4O3S. The van der Waals surface area contributed by atoms with Crippen LogP contribution in [0.4, 0.5) is 18.9 Å². The molecule has 2 aromatic carbocycles. The molecule has 0 atom stereocenters. The normalized spacial score (nSPS) is 12.5. The largest absolute Gasteiger partial charge is 0.449 e. The van der Waals surface area contributed by atoms with Crippen molar-refractivity contribution < 1.29 is 26.4 Å². The van der Waals surface area contributed by atoms with Gasteiger partial charge in [0, 0.05) is 27.1 Å². The van der Waals surface area contributed by atoms with Gasteiger partial charge in [-0.2, -0.15) is 13.2 Å². The predicted molar refractivity (Wildman–Crippen MR) is 110 cm³/mol. The molecular weight excluding hydrogens is 457 g/mol. The van der Waals surface area contributed by atoms with Crippen molar-refractivity contribution >= 4 is 44.3 Å². The van der Waals surface area contributed by atoms with Crippen LogP contribution in [0.1, 0.15) is 12.2 Å². The molecule has 0 spiro atoms. The minimum atomic E-state index is -4.79. The van der Waals surface area contributed by atoms with Gasteiger partial charge in [-0.05, 0) is 30.3 Å². The molecule has 0 aliphatic carbocycles. The van der Waals surface area contributed by atoms with E-state index in [9.17, 15) is 26.4 Å². The molecule has 0 saturated carbocycles. The number of aromatic nitrogens is 2. The molecule has 0 aliphatic rings. The lowest BCUT2D eigenvalue weighted by Crippen LogP contribution is -2.22. The fourth-order valence-corrected chi connectivity index (χ4v) is 4.02. The summed E-state index contributed by atoms with van der Waals surface area (Å²) in [5.74, 6) is -1.75. The van der Waals surface area contributed by atoms with E-state index in [0.29, 0.717) is 10.7 Å². The third-order valence-electron chi connectivity index (χ3n) is 4.46. The molecule has 3 rings (SSSR count). The number of hydrogen-bond donors (Lipinski definition) is 1. The molecule has 12 heteroatoms. The van der Waals surface area contributed by atoms with Gasteiger partial charge in [-0.25, -0.2) is 17.7 Å². The fourth-order valence-electron chi connectivity index (χ4n) is 2.91. The molecule has 0 fully saturated rings. The van der Waals surface area contributed by atoms with Crippen LogP contribution in [-0.4, -0.2) is 42.3 Å². The quantitative estimate of drug-likeness (QED) is 0.585.